The van der Waals surface area contributed by atoms with E-state index in [9.17, 15) is 0 Å². The van der Waals surface area contributed by atoms with E-state index >= 15 is 0 Å². The van der Waals surface area contributed by atoms with E-state index in [-0.39, 0.29) is 10.8 Å². The van der Waals surface area contributed by atoms with E-state index in [1.54, 1.807) is 0 Å². The van der Waals surface area contributed by atoms with Crippen LogP contribution in [0.25, 0.3) is 38.9 Å². The minimum Gasteiger partial charge on any atom is -0.439 e. The third kappa shape index (κ3) is 4.84. The molecule has 0 N–H and O–H groups in total. The molecular formula is C35H34N4O. The van der Waals surface area contributed by atoms with Gasteiger partial charge in [0, 0.05) is 35.4 Å². The van der Waals surface area contributed by atoms with Crippen molar-refractivity contribution >= 4 is 21.8 Å². The molecule has 3 aromatic heterocycles. The maximum Gasteiger partial charge on any atom is 0.234 e. The van der Waals surface area contributed by atoms with Gasteiger partial charge in [-0.1, -0.05) is 90.1 Å². The molecule has 0 saturated heterocycles. The summed E-state index contributed by atoms with van der Waals surface area (Å²) in [5.41, 5.74) is 6.62. The van der Waals surface area contributed by atoms with Gasteiger partial charge in [0.1, 0.15) is 5.75 Å². The summed E-state index contributed by atoms with van der Waals surface area (Å²) in [6.07, 6.45) is 5.77. The van der Waals surface area contributed by atoms with Crippen LogP contribution in [-0.2, 0) is 10.8 Å². The Morgan fingerprint density at radius 2 is 1.25 bits per heavy atom. The van der Waals surface area contributed by atoms with E-state index in [0.29, 0.717) is 11.8 Å². The van der Waals surface area contributed by atoms with Crippen molar-refractivity contribution < 1.29 is 4.74 Å². The van der Waals surface area contributed by atoms with Crippen LogP contribution in [-0.4, -0.2) is 19.5 Å². The number of hydrogen-bond donors (Lipinski definition) is 0. The summed E-state index contributed by atoms with van der Waals surface area (Å²) >= 11 is 0. The number of benzene rings is 3. The summed E-state index contributed by atoms with van der Waals surface area (Å²) in [6, 6.07) is 27.1. The highest BCUT2D eigenvalue weighted by Crippen LogP contribution is 2.35. The van der Waals surface area contributed by atoms with Crippen LogP contribution in [0.1, 0.15) is 52.7 Å². The number of pyridine rings is 1. The van der Waals surface area contributed by atoms with E-state index in [1.165, 1.54) is 16.3 Å². The van der Waals surface area contributed by atoms with Crippen molar-refractivity contribution in [1.82, 2.24) is 19.5 Å². The van der Waals surface area contributed by atoms with Crippen molar-refractivity contribution in [2.24, 2.45) is 0 Å². The van der Waals surface area contributed by atoms with Crippen LogP contribution in [0.5, 0.6) is 11.6 Å². The molecule has 0 bridgehead atoms. The number of ether oxygens (including phenoxy) is 1. The quantitative estimate of drug-likeness (QED) is 0.230. The molecule has 0 spiro atoms. The lowest BCUT2D eigenvalue weighted by molar-refractivity contribution is 0.461. The minimum absolute atomic E-state index is 0.0102. The molecule has 3 aromatic carbocycles. The van der Waals surface area contributed by atoms with Gasteiger partial charge in [-0.3, -0.25) is 4.57 Å². The first-order valence-electron chi connectivity index (χ1n) is 13.7. The zero-order chi connectivity index (χ0) is 28.1. The number of para-hydroxylation sites is 1. The van der Waals surface area contributed by atoms with Gasteiger partial charge < -0.3 is 4.74 Å². The van der Waals surface area contributed by atoms with Gasteiger partial charge >= 0.3 is 0 Å². The highest BCUT2D eigenvalue weighted by molar-refractivity contribution is 6.10. The average Bonchev–Trinajstić information content (AvgIpc) is 3.26. The van der Waals surface area contributed by atoms with Crippen molar-refractivity contribution in [3.8, 4) is 28.7 Å². The zero-order valence-corrected chi connectivity index (χ0v) is 23.9. The molecule has 0 amide bonds. The number of hydrogen-bond acceptors (Lipinski definition) is 4. The first kappa shape index (κ1) is 25.8. The lowest BCUT2D eigenvalue weighted by atomic mass is 9.88. The number of aromatic nitrogens is 4. The molecule has 40 heavy (non-hydrogen) atoms. The first-order chi connectivity index (χ1) is 19.1. The van der Waals surface area contributed by atoms with Gasteiger partial charge in [0.2, 0.25) is 11.8 Å². The Morgan fingerprint density at radius 1 is 0.575 bits per heavy atom. The molecule has 6 aromatic rings. The molecule has 0 fully saturated rings. The summed E-state index contributed by atoms with van der Waals surface area (Å²) in [5, 5.41) is 2.34. The maximum absolute atomic E-state index is 6.14. The van der Waals surface area contributed by atoms with Gasteiger partial charge in [-0.05, 0) is 57.3 Å². The summed E-state index contributed by atoms with van der Waals surface area (Å²) in [5.74, 6) is 1.99. The van der Waals surface area contributed by atoms with Crippen molar-refractivity contribution in [3.05, 3.63) is 109 Å². The highest BCUT2D eigenvalue weighted by Gasteiger charge is 2.18. The Balaban J connectivity index is 1.40. The molecular weight excluding hydrogens is 492 g/mol. The van der Waals surface area contributed by atoms with E-state index in [0.717, 1.165) is 33.5 Å². The maximum atomic E-state index is 6.14. The van der Waals surface area contributed by atoms with Crippen molar-refractivity contribution in [2.75, 3.05) is 0 Å². The summed E-state index contributed by atoms with van der Waals surface area (Å²) < 4.78 is 8.29. The lowest BCUT2D eigenvalue weighted by Crippen LogP contribution is -2.13. The molecule has 5 nitrogen and oxygen atoms in total. The van der Waals surface area contributed by atoms with E-state index in [4.69, 9.17) is 14.7 Å². The van der Waals surface area contributed by atoms with E-state index in [1.807, 2.05) is 36.8 Å². The fraction of sp³-hybridized carbons (Fsp3) is 0.229. The van der Waals surface area contributed by atoms with Crippen LogP contribution in [0.3, 0.4) is 0 Å². The molecule has 200 valence electrons. The predicted molar refractivity (Wildman–Crippen MR) is 164 cm³/mol. The zero-order valence-electron chi connectivity index (χ0n) is 23.9. The third-order valence-corrected chi connectivity index (χ3v) is 7.37. The van der Waals surface area contributed by atoms with Gasteiger partial charge in [0.25, 0.3) is 0 Å². The molecule has 0 aliphatic rings. The Labute approximate surface area is 235 Å². The first-order valence-corrected chi connectivity index (χ1v) is 13.7. The monoisotopic (exact) mass is 526 g/mol. The van der Waals surface area contributed by atoms with Gasteiger partial charge in [-0.25, -0.2) is 15.0 Å². The van der Waals surface area contributed by atoms with Crippen molar-refractivity contribution in [2.45, 2.75) is 52.4 Å². The van der Waals surface area contributed by atoms with Crippen molar-refractivity contribution in [3.63, 3.8) is 0 Å². The Bertz CT molecular complexity index is 1820. The largest absolute Gasteiger partial charge is 0.439 e. The second kappa shape index (κ2) is 9.60. The Morgan fingerprint density at radius 3 is 1.95 bits per heavy atom. The smallest absolute Gasteiger partial charge is 0.234 e. The predicted octanol–water partition coefficient (Wildman–Crippen LogP) is 9.02. The second-order valence-electron chi connectivity index (χ2n) is 12.4. The molecule has 6 rings (SSSR count). The van der Waals surface area contributed by atoms with Gasteiger partial charge in [-0.2, -0.15) is 0 Å². The molecule has 0 atom stereocenters. The normalized spacial score (nSPS) is 12.2. The summed E-state index contributed by atoms with van der Waals surface area (Å²) in [4.78, 5) is 14.1. The van der Waals surface area contributed by atoms with Crippen LogP contribution in [0.2, 0.25) is 0 Å². The number of nitrogens with zero attached hydrogens (tertiary/aromatic N) is 4. The molecule has 0 radical (unpaired) electrons. The topological polar surface area (TPSA) is 52.8 Å². The fourth-order valence-electron chi connectivity index (χ4n) is 4.93. The second-order valence-corrected chi connectivity index (χ2v) is 12.4. The van der Waals surface area contributed by atoms with Crippen LogP contribution in [0, 0.1) is 0 Å². The van der Waals surface area contributed by atoms with Crippen LogP contribution < -0.4 is 4.74 Å². The summed E-state index contributed by atoms with van der Waals surface area (Å²) in [7, 11) is 0. The Kier molecular flexibility index (Phi) is 6.18. The molecule has 0 aliphatic heterocycles. The standard InChI is InChI=1S/C35H34N4O/c1-34(2,3)25-15-17-32(36-20-25)40-27-11-9-10-23(18-27)24-14-16-29-28-12-7-8-13-30(28)39(31(29)19-24)33-37-21-26(22-38-33)35(4,5)6/h7-22H,1-6H3. The summed E-state index contributed by atoms with van der Waals surface area (Å²) in [6.45, 7) is 13.1. The fourth-order valence-corrected chi connectivity index (χ4v) is 4.93. The van der Waals surface area contributed by atoms with E-state index < -0.39 is 0 Å². The SMILES string of the molecule is CC(C)(C)c1ccc(Oc2cccc(-c3ccc4c5ccccc5n(-c5ncc(C(C)(C)C)cn5)c4c3)c2)nc1. The van der Waals surface area contributed by atoms with Crippen molar-refractivity contribution in [1.29, 1.82) is 0 Å². The van der Waals surface area contributed by atoms with Crippen LogP contribution in [0.15, 0.2) is 97.5 Å². The molecule has 5 heteroatoms. The average molecular weight is 527 g/mol. The van der Waals surface area contributed by atoms with E-state index in [2.05, 4.69) is 112 Å². The minimum atomic E-state index is -0.0102. The Hall–Kier alpha value is -4.51. The van der Waals surface area contributed by atoms with Gasteiger partial charge in [0.15, 0.2) is 0 Å². The lowest BCUT2D eigenvalue weighted by Gasteiger charge is -2.18. The molecule has 3 heterocycles. The van der Waals surface area contributed by atoms with Crippen LogP contribution in [0.4, 0.5) is 0 Å². The number of fused-ring (bicyclic) bond motifs is 3. The molecule has 0 aliphatic carbocycles. The van der Waals surface area contributed by atoms with Gasteiger partial charge in [-0.15, -0.1) is 0 Å². The van der Waals surface area contributed by atoms with Gasteiger partial charge in [0.05, 0.1) is 11.0 Å². The number of rotatable bonds is 4. The third-order valence-electron chi connectivity index (χ3n) is 7.37. The highest BCUT2D eigenvalue weighted by atomic mass is 16.5. The molecule has 0 unspecified atom stereocenters. The van der Waals surface area contributed by atoms with Crippen LogP contribution >= 0.6 is 0 Å². The molecule has 0 saturated carbocycles.